The maximum absolute atomic E-state index is 13.5. The van der Waals surface area contributed by atoms with Gasteiger partial charge in [-0.15, -0.1) is 0 Å². The standard InChI is InChI=1S/C34H36N2O3/c1-2-12-33(37)39-31-20-9-13-27(25-31)14-11-23-36(34(38)30-19-10-22-35-26-30)24-21-32(28-15-5-3-6-16-28)29-17-7-4-8-18-29/h3-10,13,15-20,22,25-26,32H,2,11-12,14,21,23-24H2,1H3. The molecule has 1 heterocycles. The first-order valence-electron chi connectivity index (χ1n) is 13.7. The Labute approximate surface area is 231 Å². The third kappa shape index (κ3) is 8.37. The number of hydrogen-bond acceptors (Lipinski definition) is 4. The molecule has 0 N–H and O–H groups in total. The average Bonchev–Trinajstić information content (AvgIpc) is 2.98. The molecule has 5 nitrogen and oxygen atoms in total. The quantitative estimate of drug-likeness (QED) is 0.140. The molecule has 0 aliphatic carbocycles. The predicted octanol–water partition coefficient (Wildman–Crippen LogP) is 7.08. The number of ether oxygens (including phenoxy) is 1. The van der Waals surface area contributed by atoms with Gasteiger partial charge >= 0.3 is 5.97 Å². The van der Waals surface area contributed by atoms with E-state index in [1.165, 1.54) is 11.1 Å². The van der Waals surface area contributed by atoms with Gasteiger partial charge in [0.1, 0.15) is 5.75 Å². The number of esters is 1. The molecule has 0 fully saturated rings. The zero-order valence-electron chi connectivity index (χ0n) is 22.5. The average molecular weight is 521 g/mol. The molecule has 5 heteroatoms. The lowest BCUT2D eigenvalue weighted by molar-refractivity contribution is -0.134. The summed E-state index contributed by atoms with van der Waals surface area (Å²) in [6, 6.07) is 32.3. The summed E-state index contributed by atoms with van der Waals surface area (Å²) in [4.78, 5) is 31.5. The van der Waals surface area contributed by atoms with Crippen LogP contribution in [0.4, 0.5) is 0 Å². The Balaban J connectivity index is 1.46. The molecular formula is C34H36N2O3. The summed E-state index contributed by atoms with van der Waals surface area (Å²) in [5, 5.41) is 0. The number of aryl methyl sites for hydroxylation is 1. The maximum atomic E-state index is 13.5. The summed E-state index contributed by atoms with van der Waals surface area (Å²) in [7, 11) is 0. The van der Waals surface area contributed by atoms with Gasteiger partial charge in [0.05, 0.1) is 5.56 Å². The highest BCUT2D eigenvalue weighted by molar-refractivity contribution is 5.93. The molecule has 1 aromatic heterocycles. The fourth-order valence-corrected chi connectivity index (χ4v) is 4.79. The highest BCUT2D eigenvalue weighted by Gasteiger charge is 2.20. The van der Waals surface area contributed by atoms with Crippen LogP contribution in [0.1, 0.15) is 65.6 Å². The number of nitrogens with zero attached hydrogens (tertiary/aromatic N) is 2. The van der Waals surface area contributed by atoms with Gasteiger partial charge in [-0.1, -0.05) is 79.7 Å². The summed E-state index contributed by atoms with van der Waals surface area (Å²) in [5.41, 5.74) is 4.16. The van der Waals surface area contributed by atoms with E-state index < -0.39 is 0 Å². The van der Waals surface area contributed by atoms with Crippen LogP contribution >= 0.6 is 0 Å². The monoisotopic (exact) mass is 520 g/mol. The number of hydrogen-bond donors (Lipinski definition) is 0. The Bertz CT molecular complexity index is 1270. The van der Waals surface area contributed by atoms with E-state index in [1.54, 1.807) is 18.5 Å². The van der Waals surface area contributed by atoms with Gasteiger partial charge < -0.3 is 9.64 Å². The Morgan fingerprint density at radius 3 is 2.21 bits per heavy atom. The van der Waals surface area contributed by atoms with Crippen LogP contribution in [0, 0.1) is 0 Å². The first-order valence-corrected chi connectivity index (χ1v) is 13.7. The van der Waals surface area contributed by atoms with E-state index >= 15 is 0 Å². The van der Waals surface area contributed by atoms with Gasteiger partial charge in [-0.25, -0.2) is 0 Å². The molecule has 4 aromatic rings. The van der Waals surface area contributed by atoms with Crippen LogP contribution in [0.25, 0.3) is 0 Å². The normalized spacial score (nSPS) is 10.8. The maximum Gasteiger partial charge on any atom is 0.311 e. The largest absolute Gasteiger partial charge is 0.427 e. The van der Waals surface area contributed by atoms with E-state index in [4.69, 9.17) is 4.74 Å². The van der Waals surface area contributed by atoms with Crippen molar-refractivity contribution in [3.05, 3.63) is 132 Å². The minimum Gasteiger partial charge on any atom is -0.427 e. The lowest BCUT2D eigenvalue weighted by Crippen LogP contribution is -2.34. The molecule has 0 atom stereocenters. The fourth-order valence-electron chi connectivity index (χ4n) is 4.79. The minimum atomic E-state index is -0.214. The Morgan fingerprint density at radius 2 is 1.56 bits per heavy atom. The van der Waals surface area contributed by atoms with E-state index in [0.717, 1.165) is 31.2 Å². The first-order chi connectivity index (χ1) is 19.1. The molecule has 0 aliphatic heterocycles. The van der Waals surface area contributed by atoms with Crippen molar-refractivity contribution >= 4 is 11.9 Å². The summed E-state index contributed by atoms with van der Waals surface area (Å²) >= 11 is 0. The number of pyridine rings is 1. The van der Waals surface area contributed by atoms with Crippen LogP contribution in [0.2, 0.25) is 0 Å². The van der Waals surface area contributed by atoms with Gasteiger partial charge in [0.25, 0.3) is 5.91 Å². The molecule has 0 aliphatic rings. The number of benzene rings is 3. The summed E-state index contributed by atoms with van der Waals surface area (Å²) in [6.45, 7) is 3.19. The van der Waals surface area contributed by atoms with Crippen molar-refractivity contribution < 1.29 is 14.3 Å². The van der Waals surface area contributed by atoms with E-state index in [0.29, 0.717) is 30.8 Å². The molecule has 4 rings (SSSR count). The second kappa shape index (κ2) is 14.6. The highest BCUT2D eigenvalue weighted by Crippen LogP contribution is 2.28. The van der Waals surface area contributed by atoms with E-state index in [1.807, 2.05) is 54.3 Å². The first kappa shape index (κ1) is 27.8. The molecule has 0 bridgehead atoms. The number of carbonyl (C=O) groups excluding carboxylic acids is 2. The van der Waals surface area contributed by atoms with Gasteiger partial charge in [0.2, 0.25) is 0 Å². The smallest absolute Gasteiger partial charge is 0.311 e. The zero-order valence-corrected chi connectivity index (χ0v) is 22.5. The van der Waals surface area contributed by atoms with Crippen LogP contribution in [-0.4, -0.2) is 34.8 Å². The van der Waals surface area contributed by atoms with Crippen LogP contribution in [-0.2, 0) is 11.2 Å². The molecular weight excluding hydrogens is 484 g/mol. The lowest BCUT2D eigenvalue weighted by Gasteiger charge is -2.26. The second-order valence-corrected chi connectivity index (χ2v) is 9.67. The third-order valence-electron chi connectivity index (χ3n) is 6.77. The molecule has 200 valence electrons. The zero-order chi connectivity index (χ0) is 27.3. The van der Waals surface area contributed by atoms with Crippen LogP contribution in [0.15, 0.2) is 109 Å². The molecule has 3 aromatic carbocycles. The van der Waals surface area contributed by atoms with Crippen molar-refractivity contribution in [2.24, 2.45) is 0 Å². The van der Waals surface area contributed by atoms with Gasteiger partial charge in [0.15, 0.2) is 0 Å². The van der Waals surface area contributed by atoms with Crippen LogP contribution in [0.5, 0.6) is 5.75 Å². The topological polar surface area (TPSA) is 59.5 Å². The van der Waals surface area contributed by atoms with Gasteiger partial charge in [0, 0.05) is 37.8 Å². The second-order valence-electron chi connectivity index (χ2n) is 9.67. The van der Waals surface area contributed by atoms with E-state index in [2.05, 4.69) is 53.5 Å². The van der Waals surface area contributed by atoms with Gasteiger partial charge in [-0.05, 0) is 66.6 Å². The van der Waals surface area contributed by atoms with Crippen molar-refractivity contribution in [1.29, 1.82) is 0 Å². The van der Waals surface area contributed by atoms with Crippen molar-refractivity contribution in [2.45, 2.75) is 44.9 Å². The van der Waals surface area contributed by atoms with Crippen molar-refractivity contribution in [1.82, 2.24) is 9.88 Å². The Kier molecular flexibility index (Phi) is 10.4. The summed E-state index contributed by atoms with van der Waals surface area (Å²) in [5.74, 6) is 0.536. The van der Waals surface area contributed by atoms with Crippen molar-refractivity contribution in [3.63, 3.8) is 0 Å². The summed E-state index contributed by atoms with van der Waals surface area (Å²) in [6.07, 6.45) is 6.86. The number of aromatic nitrogens is 1. The number of amides is 1. The van der Waals surface area contributed by atoms with Crippen molar-refractivity contribution in [2.75, 3.05) is 13.1 Å². The molecule has 39 heavy (non-hydrogen) atoms. The molecule has 0 unspecified atom stereocenters. The molecule has 0 saturated carbocycles. The minimum absolute atomic E-state index is 0.00906. The molecule has 0 spiro atoms. The highest BCUT2D eigenvalue weighted by atomic mass is 16.5. The molecule has 1 amide bonds. The third-order valence-corrected chi connectivity index (χ3v) is 6.77. The molecule has 0 saturated heterocycles. The Morgan fingerprint density at radius 1 is 0.846 bits per heavy atom. The fraction of sp³-hybridized carbons (Fsp3) is 0.265. The van der Waals surface area contributed by atoms with Gasteiger partial charge in [-0.2, -0.15) is 0 Å². The van der Waals surface area contributed by atoms with E-state index in [-0.39, 0.29) is 17.8 Å². The van der Waals surface area contributed by atoms with Crippen molar-refractivity contribution in [3.8, 4) is 5.75 Å². The molecule has 0 radical (unpaired) electrons. The van der Waals surface area contributed by atoms with E-state index in [9.17, 15) is 9.59 Å². The van der Waals surface area contributed by atoms with Crippen LogP contribution in [0.3, 0.4) is 0 Å². The number of carbonyl (C=O) groups is 2. The van der Waals surface area contributed by atoms with Crippen LogP contribution < -0.4 is 4.74 Å². The number of rotatable bonds is 13. The Hall–Kier alpha value is -4.25. The SMILES string of the molecule is CCCC(=O)Oc1cccc(CCCN(CCC(c2ccccc2)c2ccccc2)C(=O)c2cccnc2)c1. The summed E-state index contributed by atoms with van der Waals surface area (Å²) < 4.78 is 5.46. The van der Waals surface area contributed by atoms with Gasteiger partial charge in [-0.3, -0.25) is 14.6 Å². The lowest BCUT2D eigenvalue weighted by atomic mass is 9.88. The predicted molar refractivity (Wildman–Crippen MR) is 155 cm³/mol.